The summed E-state index contributed by atoms with van der Waals surface area (Å²) in [5.41, 5.74) is 2.78. The van der Waals surface area contributed by atoms with Crippen molar-refractivity contribution in [2.45, 2.75) is 20.8 Å². The van der Waals surface area contributed by atoms with E-state index in [0.29, 0.717) is 15.7 Å². The van der Waals surface area contributed by atoms with Gasteiger partial charge in [-0.1, -0.05) is 44.0 Å². The maximum atomic E-state index is 11.5. The quantitative estimate of drug-likeness (QED) is 0.623. The number of benzene rings is 1. The van der Waals surface area contributed by atoms with Crippen molar-refractivity contribution in [2.75, 3.05) is 5.32 Å². The van der Waals surface area contributed by atoms with Crippen LogP contribution in [0.2, 0.25) is 10.0 Å². The summed E-state index contributed by atoms with van der Waals surface area (Å²) >= 11 is 11.6. The Morgan fingerprint density at radius 3 is 2.28 bits per heavy atom. The summed E-state index contributed by atoms with van der Waals surface area (Å²) in [7, 11) is 0. The van der Waals surface area contributed by atoms with E-state index in [0.717, 1.165) is 0 Å². The van der Waals surface area contributed by atoms with E-state index in [-0.39, 0.29) is 5.41 Å². The Labute approximate surface area is 116 Å². The smallest absolute Gasteiger partial charge is 0.306 e. The molecule has 0 aliphatic rings. The number of halogens is 2. The SMILES string of the molecule is CC(C)(C)/C=N/NC(=O)Nc1cc(Cl)cc(Cl)c1. The molecule has 1 aromatic rings. The molecular formula is C12H15Cl2N3O. The van der Waals surface area contributed by atoms with Gasteiger partial charge in [0.05, 0.1) is 0 Å². The van der Waals surface area contributed by atoms with Crippen LogP contribution in [0.4, 0.5) is 10.5 Å². The largest absolute Gasteiger partial charge is 0.339 e. The number of carbonyl (C=O) groups is 1. The van der Waals surface area contributed by atoms with Crippen LogP contribution in [0.25, 0.3) is 0 Å². The first kappa shape index (κ1) is 14.8. The van der Waals surface area contributed by atoms with E-state index >= 15 is 0 Å². The monoisotopic (exact) mass is 287 g/mol. The minimum absolute atomic E-state index is 0.0906. The molecule has 0 saturated carbocycles. The molecule has 1 rings (SSSR count). The number of hydrogen-bond acceptors (Lipinski definition) is 2. The summed E-state index contributed by atoms with van der Waals surface area (Å²) in [5, 5.41) is 7.32. The van der Waals surface area contributed by atoms with Gasteiger partial charge in [0.1, 0.15) is 0 Å². The number of urea groups is 1. The fraction of sp³-hybridized carbons (Fsp3) is 0.333. The van der Waals surface area contributed by atoms with E-state index in [1.807, 2.05) is 20.8 Å². The molecule has 0 radical (unpaired) electrons. The molecular weight excluding hydrogens is 273 g/mol. The first-order chi connectivity index (χ1) is 8.26. The first-order valence-electron chi connectivity index (χ1n) is 5.33. The van der Waals surface area contributed by atoms with Crippen LogP contribution < -0.4 is 10.7 Å². The second kappa shape index (κ2) is 6.07. The number of rotatable bonds is 2. The lowest BCUT2D eigenvalue weighted by atomic mass is 9.99. The van der Waals surface area contributed by atoms with Gasteiger partial charge >= 0.3 is 6.03 Å². The van der Waals surface area contributed by atoms with Crippen LogP contribution in [0, 0.1) is 5.41 Å². The number of amides is 2. The van der Waals surface area contributed by atoms with Crippen LogP contribution in [0.3, 0.4) is 0 Å². The number of nitrogens with zero attached hydrogens (tertiary/aromatic N) is 1. The Morgan fingerprint density at radius 2 is 1.78 bits per heavy atom. The Bertz CT molecular complexity index is 447. The average molecular weight is 288 g/mol. The van der Waals surface area contributed by atoms with Crippen molar-refractivity contribution in [1.82, 2.24) is 5.43 Å². The predicted octanol–water partition coefficient (Wildman–Crippen LogP) is 4.15. The fourth-order valence-corrected chi connectivity index (χ4v) is 1.60. The number of hydrazone groups is 1. The summed E-state index contributed by atoms with van der Waals surface area (Å²) in [5.74, 6) is 0. The molecule has 0 aromatic heterocycles. The molecule has 2 amide bonds. The summed E-state index contributed by atoms with van der Waals surface area (Å²) in [6, 6.07) is 4.33. The van der Waals surface area contributed by atoms with Gasteiger partial charge in [-0.2, -0.15) is 5.10 Å². The number of nitrogens with one attached hydrogen (secondary N) is 2. The van der Waals surface area contributed by atoms with Gasteiger partial charge < -0.3 is 5.32 Å². The predicted molar refractivity (Wildman–Crippen MR) is 76.6 cm³/mol. The fourth-order valence-electron chi connectivity index (χ4n) is 1.07. The molecule has 2 N–H and O–H groups in total. The van der Waals surface area contributed by atoms with Crippen LogP contribution in [0.5, 0.6) is 0 Å². The van der Waals surface area contributed by atoms with E-state index < -0.39 is 6.03 Å². The second-order valence-electron chi connectivity index (χ2n) is 4.85. The minimum Gasteiger partial charge on any atom is -0.306 e. The van der Waals surface area contributed by atoms with Gasteiger partial charge in [0.2, 0.25) is 0 Å². The maximum absolute atomic E-state index is 11.5. The lowest BCUT2D eigenvalue weighted by Crippen LogP contribution is -2.25. The highest BCUT2D eigenvalue weighted by molar-refractivity contribution is 6.35. The summed E-state index contributed by atoms with van der Waals surface area (Å²) in [6.07, 6.45) is 1.65. The van der Waals surface area contributed by atoms with Gasteiger partial charge in [0.25, 0.3) is 0 Å². The van der Waals surface area contributed by atoms with E-state index in [1.165, 1.54) is 0 Å². The third kappa shape index (κ3) is 5.89. The van der Waals surface area contributed by atoms with E-state index in [9.17, 15) is 4.79 Å². The lowest BCUT2D eigenvalue weighted by molar-refractivity contribution is 0.252. The molecule has 6 heteroatoms. The highest BCUT2D eigenvalue weighted by atomic mass is 35.5. The molecule has 0 unspecified atom stereocenters. The zero-order valence-electron chi connectivity index (χ0n) is 10.4. The van der Waals surface area contributed by atoms with Crippen molar-refractivity contribution in [2.24, 2.45) is 10.5 Å². The normalized spacial score (nSPS) is 11.6. The van der Waals surface area contributed by atoms with Gasteiger partial charge in [-0.15, -0.1) is 0 Å². The standard InChI is InChI=1S/C12H15Cl2N3O/c1-12(2,3)7-15-17-11(18)16-10-5-8(13)4-9(14)6-10/h4-7H,1-3H3,(H2,16,17,18)/b15-7+. The van der Waals surface area contributed by atoms with E-state index in [4.69, 9.17) is 23.2 Å². The van der Waals surface area contributed by atoms with Gasteiger partial charge in [-0.25, -0.2) is 10.2 Å². The molecule has 98 valence electrons. The maximum Gasteiger partial charge on any atom is 0.339 e. The molecule has 4 nitrogen and oxygen atoms in total. The number of hydrogen-bond donors (Lipinski definition) is 2. The number of carbonyl (C=O) groups excluding carboxylic acids is 1. The van der Waals surface area contributed by atoms with Gasteiger partial charge in [-0.3, -0.25) is 0 Å². The van der Waals surface area contributed by atoms with Crippen LogP contribution in [-0.4, -0.2) is 12.2 Å². The summed E-state index contributed by atoms with van der Waals surface area (Å²) < 4.78 is 0. The molecule has 0 fully saturated rings. The highest BCUT2D eigenvalue weighted by Gasteiger charge is 2.06. The van der Waals surface area contributed by atoms with Crippen molar-refractivity contribution in [3.63, 3.8) is 0 Å². The third-order valence-corrected chi connectivity index (χ3v) is 2.17. The average Bonchev–Trinajstić information content (AvgIpc) is 2.12. The van der Waals surface area contributed by atoms with Gasteiger partial charge in [-0.05, 0) is 23.6 Å². The molecule has 1 aromatic carbocycles. The van der Waals surface area contributed by atoms with Crippen LogP contribution >= 0.6 is 23.2 Å². The van der Waals surface area contributed by atoms with Crippen molar-refractivity contribution in [1.29, 1.82) is 0 Å². The number of anilines is 1. The zero-order chi connectivity index (χ0) is 13.8. The molecule has 0 heterocycles. The van der Waals surface area contributed by atoms with Gasteiger partial charge in [0, 0.05) is 21.9 Å². The van der Waals surface area contributed by atoms with Crippen LogP contribution in [-0.2, 0) is 0 Å². The third-order valence-electron chi connectivity index (χ3n) is 1.74. The second-order valence-corrected chi connectivity index (χ2v) is 5.72. The Kier molecular flexibility index (Phi) is 4.99. The van der Waals surface area contributed by atoms with E-state index in [2.05, 4.69) is 15.8 Å². The molecule has 18 heavy (non-hydrogen) atoms. The topological polar surface area (TPSA) is 53.5 Å². The van der Waals surface area contributed by atoms with Crippen LogP contribution in [0.1, 0.15) is 20.8 Å². The summed E-state index contributed by atoms with van der Waals surface area (Å²) in [6.45, 7) is 5.94. The van der Waals surface area contributed by atoms with Crippen molar-refractivity contribution < 1.29 is 4.79 Å². The Hall–Kier alpha value is -1.26. The Balaban J connectivity index is 2.57. The van der Waals surface area contributed by atoms with Crippen molar-refractivity contribution in [3.05, 3.63) is 28.2 Å². The van der Waals surface area contributed by atoms with Gasteiger partial charge in [0.15, 0.2) is 0 Å². The van der Waals surface area contributed by atoms with Crippen LogP contribution in [0.15, 0.2) is 23.3 Å². The molecule has 0 saturated heterocycles. The zero-order valence-corrected chi connectivity index (χ0v) is 11.9. The molecule has 0 aliphatic carbocycles. The molecule has 0 spiro atoms. The molecule has 0 aliphatic heterocycles. The molecule has 0 atom stereocenters. The van der Waals surface area contributed by atoms with Crippen molar-refractivity contribution in [3.8, 4) is 0 Å². The highest BCUT2D eigenvalue weighted by Crippen LogP contribution is 2.22. The molecule has 0 bridgehead atoms. The van der Waals surface area contributed by atoms with Crippen molar-refractivity contribution >= 4 is 41.1 Å². The lowest BCUT2D eigenvalue weighted by Gasteiger charge is -2.10. The minimum atomic E-state index is -0.450. The first-order valence-corrected chi connectivity index (χ1v) is 6.09. The van der Waals surface area contributed by atoms with E-state index in [1.54, 1.807) is 24.4 Å². The Morgan fingerprint density at radius 1 is 1.22 bits per heavy atom. The summed E-state index contributed by atoms with van der Waals surface area (Å²) in [4.78, 5) is 11.5.